The molecule has 100 valence electrons. The van der Waals surface area contributed by atoms with Crippen LogP contribution in [0.15, 0.2) is 65.8 Å². The molecule has 20 heavy (non-hydrogen) atoms. The van der Waals surface area contributed by atoms with Crippen molar-refractivity contribution >= 4 is 11.6 Å². The Labute approximate surface area is 118 Å². The zero-order chi connectivity index (χ0) is 13.9. The number of nitrogens with zero attached hydrogens (tertiary/aromatic N) is 2. The lowest BCUT2D eigenvalue weighted by Gasteiger charge is -2.12. The Morgan fingerprint density at radius 1 is 1.00 bits per heavy atom. The fourth-order valence-corrected chi connectivity index (χ4v) is 2.39. The minimum Gasteiger partial charge on any atom is -0.272 e. The lowest BCUT2D eigenvalue weighted by Crippen LogP contribution is -2.25. The van der Waals surface area contributed by atoms with Gasteiger partial charge in [0.2, 0.25) is 0 Å². The van der Waals surface area contributed by atoms with Crippen LogP contribution in [0.25, 0.3) is 0 Å². The van der Waals surface area contributed by atoms with Gasteiger partial charge in [0.05, 0.1) is 18.2 Å². The van der Waals surface area contributed by atoms with Crippen molar-refractivity contribution < 1.29 is 4.79 Å². The molecule has 1 unspecified atom stereocenters. The second kappa shape index (κ2) is 5.29. The third-order valence-corrected chi connectivity index (χ3v) is 3.51. The average molecular weight is 264 g/mol. The number of rotatable bonds is 3. The third-order valence-electron chi connectivity index (χ3n) is 3.51. The summed E-state index contributed by atoms with van der Waals surface area (Å²) < 4.78 is 0. The molecule has 0 saturated carbocycles. The Kier molecular flexibility index (Phi) is 3.33. The van der Waals surface area contributed by atoms with E-state index in [-0.39, 0.29) is 11.8 Å². The quantitative estimate of drug-likeness (QED) is 0.838. The Morgan fingerprint density at radius 2 is 1.60 bits per heavy atom. The second-order valence-corrected chi connectivity index (χ2v) is 4.95. The first-order valence-corrected chi connectivity index (χ1v) is 6.75. The van der Waals surface area contributed by atoms with Gasteiger partial charge in [0.25, 0.3) is 5.91 Å². The number of hydrogen-bond donors (Lipinski definition) is 0. The first kappa shape index (κ1) is 12.6. The summed E-state index contributed by atoms with van der Waals surface area (Å²) >= 11 is 0. The molecule has 3 heteroatoms. The molecule has 1 amide bonds. The molecule has 0 N–H and O–H groups in total. The van der Waals surface area contributed by atoms with Gasteiger partial charge < -0.3 is 0 Å². The van der Waals surface area contributed by atoms with Crippen LogP contribution in [0, 0.1) is 5.92 Å². The summed E-state index contributed by atoms with van der Waals surface area (Å²) in [5.74, 6) is -0.117. The van der Waals surface area contributed by atoms with Gasteiger partial charge in [0, 0.05) is 0 Å². The molecule has 0 fully saturated rings. The minimum atomic E-state index is -0.180. The van der Waals surface area contributed by atoms with Gasteiger partial charge >= 0.3 is 0 Å². The van der Waals surface area contributed by atoms with Gasteiger partial charge in [-0.1, -0.05) is 60.7 Å². The summed E-state index contributed by atoms with van der Waals surface area (Å²) in [5, 5.41) is 6.09. The van der Waals surface area contributed by atoms with Crippen molar-refractivity contribution in [1.29, 1.82) is 0 Å². The van der Waals surface area contributed by atoms with E-state index in [0.29, 0.717) is 6.54 Å². The van der Waals surface area contributed by atoms with Crippen LogP contribution in [-0.2, 0) is 11.3 Å². The molecule has 2 aromatic carbocycles. The van der Waals surface area contributed by atoms with Crippen molar-refractivity contribution in [2.75, 3.05) is 0 Å². The average Bonchev–Trinajstić information content (AvgIpc) is 2.78. The van der Waals surface area contributed by atoms with Crippen LogP contribution in [0.2, 0.25) is 0 Å². The van der Waals surface area contributed by atoms with Gasteiger partial charge in [0.1, 0.15) is 0 Å². The molecule has 0 radical (unpaired) electrons. The maximum atomic E-state index is 12.3. The SMILES string of the molecule is CC1C(=O)N(Cc2ccccc2)N=C1c1ccccc1. The highest BCUT2D eigenvalue weighted by Crippen LogP contribution is 2.22. The topological polar surface area (TPSA) is 32.7 Å². The normalized spacial score (nSPS) is 18.2. The number of hydrogen-bond acceptors (Lipinski definition) is 2. The highest BCUT2D eigenvalue weighted by Gasteiger charge is 2.32. The van der Waals surface area contributed by atoms with E-state index in [1.807, 2.05) is 67.6 Å². The number of carbonyl (C=O) groups excluding carboxylic acids is 1. The van der Waals surface area contributed by atoms with Crippen molar-refractivity contribution in [3.63, 3.8) is 0 Å². The summed E-state index contributed by atoms with van der Waals surface area (Å²) in [4.78, 5) is 12.3. The van der Waals surface area contributed by atoms with Crippen LogP contribution < -0.4 is 0 Å². The fraction of sp³-hybridized carbons (Fsp3) is 0.176. The van der Waals surface area contributed by atoms with E-state index in [1.165, 1.54) is 0 Å². The lowest BCUT2D eigenvalue weighted by molar-refractivity contribution is -0.131. The van der Waals surface area contributed by atoms with Crippen LogP contribution in [-0.4, -0.2) is 16.6 Å². The largest absolute Gasteiger partial charge is 0.272 e. The minimum absolute atomic E-state index is 0.0627. The first-order chi connectivity index (χ1) is 9.75. The number of hydrazone groups is 1. The molecule has 1 atom stereocenters. The molecule has 1 heterocycles. The van der Waals surface area contributed by atoms with E-state index in [9.17, 15) is 4.79 Å². The Morgan fingerprint density at radius 3 is 2.25 bits per heavy atom. The number of amides is 1. The summed E-state index contributed by atoms with van der Waals surface area (Å²) in [6, 6.07) is 19.8. The highest BCUT2D eigenvalue weighted by molar-refractivity contribution is 6.15. The summed E-state index contributed by atoms with van der Waals surface area (Å²) in [5.41, 5.74) is 2.96. The van der Waals surface area contributed by atoms with E-state index in [1.54, 1.807) is 5.01 Å². The zero-order valence-corrected chi connectivity index (χ0v) is 11.4. The first-order valence-electron chi connectivity index (χ1n) is 6.75. The monoisotopic (exact) mass is 264 g/mol. The maximum Gasteiger partial charge on any atom is 0.251 e. The smallest absolute Gasteiger partial charge is 0.251 e. The molecule has 0 aromatic heterocycles. The molecular weight excluding hydrogens is 248 g/mol. The summed E-state index contributed by atoms with van der Waals surface area (Å²) in [6.45, 7) is 2.44. The molecule has 0 aliphatic carbocycles. The van der Waals surface area contributed by atoms with Crippen molar-refractivity contribution in [1.82, 2.24) is 5.01 Å². The molecule has 1 aliphatic heterocycles. The molecular formula is C17H16N2O. The summed E-state index contributed by atoms with van der Waals surface area (Å²) in [7, 11) is 0. The van der Waals surface area contributed by atoms with Crippen LogP contribution in [0.3, 0.4) is 0 Å². The molecule has 0 bridgehead atoms. The van der Waals surface area contributed by atoms with E-state index in [4.69, 9.17) is 0 Å². The van der Waals surface area contributed by atoms with E-state index in [2.05, 4.69) is 5.10 Å². The highest BCUT2D eigenvalue weighted by atomic mass is 16.2. The van der Waals surface area contributed by atoms with Crippen LogP contribution in [0.5, 0.6) is 0 Å². The van der Waals surface area contributed by atoms with Gasteiger partial charge in [-0.25, -0.2) is 5.01 Å². The molecule has 0 saturated heterocycles. The molecule has 3 nitrogen and oxygen atoms in total. The second-order valence-electron chi connectivity index (χ2n) is 4.95. The maximum absolute atomic E-state index is 12.3. The van der Waals surface area contributed by atoms with Crippen LogP contribution in [0.1, 0.15) is 18.1 Å². The number of carbonyl (C=O) groups is 1. The van der Waals surface area contributed by atoms with Gasteiger partial charge in [-0.15, -0.1) is 0 Å². The van der Waals surface area contributed by atoms with E-state index >= 15 is 0 Å². The van der Waals surface area contributed by atoms with Gasteiger partial charge in [-0.3, -0.25) is 4.79 Å². The van der Waals surface area contributed by atoms with Crippen molar-refractivity contribution in [3.05, 3.63) is 71.8 Å². The molecule has 0 spiro atoms. The lowest BCUT2D eigenvalue weighted by atomic mass is 9.99. The predicted octanol–water partition coefficient (Wildman–Crippen LogP) is 3.07. The zero-order valence-electron chi connectivity index (χ0n) is 11.4. The molecule has 2 aromatic rings. The Balaban J connectivity index is 1.86. The van der Waals surface area contributed by atoms with E-state index < -0.39 is 0 Å². The van der Waals surface area contributed by atoms with Gasteiger partial charge in [-0.05, 0) is 18.1 Å². The van der Waals surface area contributed by atoms with Gasteiger partial charge in [0.15, 0.2) is 0 Å². The van der Waals surface area contributed by atoms with Gasteiger partial charge in [-0.2, -0.15) is 5.10 Å². The third kappa shape index (κ3) is 2.35. The summed E-state index contributed by atoms with van der Waals surface area (Å²) in [6.07, 6.45) is 0. The fourth-order valence-electron chi connectivity index (χ4n) is 2.39. The van der Waals surface area contributed by atoms with E-state index in [0.717, 1.165) is 16.8 Å². The molecule has 3 rings (SSSR count). The van der Waals surface area contributed by atoms with Crippen molar-refractivity contribution in [2.45, 2.75) is 13.5 Å². The Bertz CT molecular complexity index is 635. The van der Waals surface area contributed by atoms with Crippen molar-refractivity contribution in [3.8, 4) is 0 Å². The standard InChI is InChI=1S/C17H16N2O/c1-13-16(15-10-6-3-7-11-15)18-19(17(13)20)12-14-8-4-2-5-9-14/h2-11,13H,12H2,1H3. The molecule has 1 aliphatic rings. The predicted molar refractivity (Wildman–Crippen MR) is 79.1 cm³/mol. The number of benzene rings is 2. The van der Waals surface area contributed by atoms with Crippen LogP contribution >= 0.6 is 0 Å². The van der Waals surface area contributed by atoms with Crippen LogP contribution in [0.4, 0.5) is 0 Å². The Hall–Kier alpha value is -2.42. The van der Waals surface area contributed by atoms with Crippen molar-refractivity contribution in [2.24, 2.45) is 11.0 Å².